The van der Waals surface area contributed by atoms with Gasteiger partial charge in [-0.2, -0.15) is 0 Å². The number of hydrogen-bond donors (Lipinski definition) is 3. The second kappa shape index (κ2) is 10.8. The minimum absolute atomic E-state index is 0.00843. The first kappa shape index (κ1) is 21.4. The van der Waals surface area contributed by atoms with Crippen LogP contribution in [0.25, 0.3) is 11.4 Å². The lowest BCUT2D eigenvalue weighted by Gasteiger charge is -2.26. The number of nitrogens with zero attached hydrogens (tertiary/aromatic N) is 5. The standard InChI is InChI=1S/C25H26N8O5/c1-26-25(36)21-18(10-19(31-32-21)30-24(35)14-6-7-14)29-17-5-3-4-16(22(17)37-2)23-27-11-15(12-28-23)33-8-9-38-13-20(33)34/h3-5,10-12,14H,6-9,13H2,1-2H3,(H,26,36)(H2,29,30,31,35)/i1D3. The number of para-hydroxylation sites is 1. The molecular formula is C25H26N8O5. The fourth-order valence-electron chi connectivity index (χ4n) is 3.92. The summed E-state index contributed by atoms with van der Waals surface area (Å²) in [5.74, 6) is -0.798. The summed E-state index contributed by atoms with van der Waals surface area (Å²) < 4.78 is 33.0. The molecule has 2 aromatic heterocycles. The van der Waals surface area contributed by atoms with Crippen LogP contribution < -0.4 is 25.6 Å². The summed E-state index contributed by atoms with van der Waals surface area (Å²) in [5.41, 5.74) is 1.16. The number of ether oxygens (including phenoxy) is 2. The molecule has 3 aromatic rings. The molecule has 0 bridgehead atoms. The van der Waals surface area contributed by atoms with E-state index in [-0.39, 0.29) is 41.5 Å². The molecule has 3 heterocycles. The zero-order valence-electron chi connectivity index (χ0n) is 23.4. The molecule has 38 heavy (non-hydrogen) atoms. The number of methoxy groups -OCH3 is 1. The Hall–Kier alpha value is -4.65. The van der Waals surface area contributed by atoms with Gasteiger partial charge in [-0.1, -0.05) is 6.07 Å². The number of rotatable bonds is 8. The average molecular weight is 522 g/mol. The summed E-state index contributed by atoms with van der Waals surface area (Å²) in [5, 5.41) is 15.4. The van der Waals surface area contributed by atoms with Gasteiger partial charge < -0.3 is 30.3 Å². The molecule has 3 N–H and O–H groups in total. The molecule has 1 saturated carbocycles. The van der Waals surface area contributed by atoms with Crippen LogP contribution in [-0.4, -0.2) is 71.7 Å². The second-order valence-electron chi connectivity index (χ2n) is 8.58. The highest BCUT2D eigenvalue weighted by molar-refractivity contribution is 6.00. The molecule has 5 rings (SSSR count). The molecule has 13 nitrogen and oxygen atoms in total. The average Bonchev–Trinajstić information content (AvgIpc) is 3.79. The Balaban J connectivity index is 1.46. The number of hydrogen-bond acceptors (Lipinski definition) is 10. The first-order valence-corrected chi connectivity index (χ1v) is 11.8. The fourth-order valence-corrected chi connectivity index (χ4v) is 3.92. The quantitative estimate of drug-likeness (QED) is 0.398. The zero-order valence-corrected chi connectivity index (χ0v) is 20.4. The number of nitrogens with one attached hydrogen (secondary N) is 3. The zero-order chi connectivity index (χ0) is 29.1. The van der Waals surface area contributed by atoms with Crippen molar-refractivity contribution in [3.05, 3.63) is 42.4 Å². The smallest absolute Gasteiger partial charge is 0.273 e. The largest absolute Gasteiger partial charge is 0.494 e. The van der Waals surface area contributed by atoms with Crippen molar-refractivity contribution in [1.82, 2.24) is 25.5 Å². The second-order valence-corrected chi connectivity index (χ2v) is 8.58. The van der Waals surface area contributed by atoms with Crippen molar-refractivity contribution in [3.8, 4) is 17.1 Å². The van der Waals surface area contributed by atoms with Crippen LogP contribution in [-0.2, 0) is 14.3 Å². The van der Waals surface area contributed by atoms with Crippen molar-refractivity contribution < 1.29 is 28.0 Å². The van der Waals surface area contributed by atoms with Gasteiger partial charge in [0, 0.05) is 29.6 Å². The van der Waals surface area contributed by atoms with Crippen LogP contribution in [0.4, 0.5) is 22.9 Å². The summed E-state index contributed by atoms with van der Waals surface area (Å²) in [6, 6.07) is 6.48. The number of aromatic nitrogens is 4. The van der Waals surface area contributed by atoms with Crippen LogP contribution in [0, 0.1) is 5.92 Å². The molecule has 196 valence electrons. The van der Waals surface area contributed by atoms with Crippen LogP contribution in [0.5, 0.6) is 5.75 Å². The van der Waals surface area contributed by atoms with Crippen molar-refractivity contribution in [3.63, 3.8) is 0 Å². The van der Waals surface area contributed by atoms with Crippen LogP contribution >= 0.6 is 0 Å². The van der Waals surface area contributed by atoms with Crippen molar-refractivity contribution in [2.45, 2.75) is 12.8 Å². The summed E-state index contributed by atoms with van der Waals surface area (Å²) in [4.78, 5) is 47.6. The number of benzene rings is 1. The summed E-state index contributed by atoms with van der Waals surface area (Å²) >= 11 is 0. The molecule has 1 aromatic carbocycles. The van der Waals surface area contributed by atoms with Gasteiger partial charge in [0.05, 0.1) is 48.7 Å². The van der Waals surface area contributed by atoms with Gasteiger partial charge in [0.15, 0.2) is 23.1 Å². The number of amides is 3. The summed E-state index contributed by atoms with van der Waals surface area (Å²) in [7, 11) is 1.44. The molecule has 0 atom stereocenters. The molecule has 1 aliphatic carbocycles. The first-order chi connectivity index (χ1) is 19.6. The van der Waals surface area contributed by atoms with Gasteiger partial charge in [-0.05, 0) is 25.0 Å². The van der Waals surface area contributed by atoms with Crippen LogP contribution in [0.3, 0.4) is 0 Å². The fraction of sp³-hybridized carbons (Fsp3) is 0.320. The Morgan fingerprint density at radius 3 is 2.71 bits per heavy atom. The van der Waals surface area contributed by atoms with Gasteiger partial charge in [0.25, 0.3) is 11.8 Å². The molecule has 0 unspecified atom stereocenters. The monoisotopic (exact) mass is 521 g/mol. The summed E-state index contributed by atoms with van der Waals surface area (Å²) in [6.07, 6.45) is 4.62. The van der Waals surface area contributed by atoms with E-state index in [0.717, 1.165) is 12.8 Å². The van der Waals surface area contributed by atoms with Crippen LogP contribution in [0.2, 0.25) is 0 Å². The van der Waals surface area contributed by atoms with E-state index in [0.29, 0.717) is 41.7 Å². The molecule has 1 saturated heterocycles. The third-order valence-electron chi connectivity index (χ3n) is 5.99. The number of carbonyl (C=O) groups is 3. The molecule has 1 aliphatic heterocycles. The third-order valence-corrected chi connectivity index (χ3v) is 5.99. The van der Waals surface area contributed by atoms with E-state index in [9.17, 15) is 14.4 Å². The third kappa shape index (κ3) is 5.22. The van der Waals surface area contributed by atoms with Gasteiger partial charge in [-0.25, -0.2) is 9.97 Å². The van der Waals surface area contributed by atoms with Gasteiger partial charge in [0.2, 0.25) is 5.91 Å². The number of carbonyl (C=O) groups excluding carboxylic acids is 3. The van der Waals surface area contributed by atoms with E-state index >= 15 is 0 Å². The van der Waals surface area contributed by atoms with Crippen LogP contribution in [0.15, 0.2) is 36.7 Å². The maximum Gasteiger partial charge on any atom is 0.273 e. The Bertz CT molecular complexity index is 1480. The molecule has 0 radical (unpaired) electrons. The van der Waals surface area contributed by atoms with E-state index in [1.807, 2.05) is 5.32 Å². The van der Waals surface area contributed by atoms with E-state index < -0.39 is 12.9 Å². The predicted molar refractivity (Wildman–Crippen MR) is 137 cm³/mol. The maximum atomic E-state index is 12.8. The Kier molecular flexibility index (Phi) is 6.07. The normalized spacial score (nSPS) is 16.6. The van der Waals surface area contributed by atoms with E-state index in [2.05, 4.69) is 30.8 Å². The SMILES string of the molecule is [2H]C([2H])([2H])NC(=O)c1nnc(NC(=O)C2CC2)cc1Nc1cccc(-c2ncc(N3CCOCC3=O)cn2)c1OC. The first-order valence-electron chi connectivity index (χ1n) is 13.3. The van der Waals surface area contributed by atoms with Crippen molar-refractivity contribution in [2.75, 3.05) is 49.4 Å². The minimum atomic E-state index is -2.76. The summed E-state index contributed by atoms with van der Waals surface area (Å²) in [6.45, 7) is -1.96. The topological polar surface area (TPSA) is 161 Å². The van der Waals surface area contributed by atoms with Crippen molar-refractivity contribution in [2.24, 2.45) is 5.92 Å². The van der Waals surface area contributed by atoms with Crippen molar-refractivity contribution >= 4 is 40.6 Å². The molecule has 13 heteroatoms. The minimum Gasteiger partial charge on any atom is -0.494 e. The van der Waals surface area contributed by atoms with Gasteiger partial charge in [0.1, 0.15) is 6.61 Å². The predicted octanol–water partition coefficient (Wildman–Crippen LogP) is 1.76. The Morgan fingerprint density at radius 2 is 2.00 bits per heavy atom. The lowest BCUT2D eigenvalue weighted by molar-refractivity contribution is -0.125. The highest BCUT2D eigenvalue weighted by Crippen LogP contribution is 2.37. The molecule has 3 amide bonds. The maximum absolute atomic E-state index is 12.8. The number of morpholine rings is 1. The van der Waals surface area contributed by atoms with Crippen LogP contribution in [0.1, 0.15) is 27.4 Å². The van der Waals surface area contributed by atoms with E-state index in [1.165, 1.54) is 25.6 Å². The van der Waals surface area contributed by atoms with E-state index in [4.69, 9.17) is 13.6 Å². The lowest BCUT2D eigenvalue weighted by Crippen LogP contribution is -2.41. The molecule has 2 aliphatic rings. The molecular weight excluding hydrogens is 492 g/mol. The lowest BCUT2D eigenvalue weighted by atomic mass is 10.1. The van der Waals surface area contributed by atoms with Gasteiger partial charge in [-0.3, -0.25) is 14.4 Å². The highest BCUT2D eigenvalue weighted by Gasteiger charge is 2.30. The highest BCUT2D eigenvalue weighted by atomic mass is 16.5. The van der Waals surface area contributed by atoms with E-state index in [1.54, 1.807) is 23.1 Å². The Morgan fingerprint density at radius 1 is 1.18 bits per heavy atom. The molecule has 0 spiro atoms. The molecule has 2 fully saturated rings. The van der Waals surface area contributed by atoms with Gasteiger partial charge >= 0.3 is 0 Å². The van der Waals surface area contributed by atoms with Gasteiger partial charge in [-0.15, -0.1) is 10.2 Å². The van der Waals surface area contributed by atoms with Crippen molar-refractivity contribution in [1.29, 1.82) is 0 Å². The Labute approximate surface area is 222 Å². The number of anilines is 4.